The van der Waals surface area contributed by atoms with Crippen LogP contribution in [-0.4, -0.2) is 0 Å². The number of allylic oxidation sites excluding steroid dienone is 4. The van der Waals surface area contributed by atoms with Crippen molar-refractivity contribution < 1.29 is 24.4 Å². The van der Waals surface area contributed by atoms with Crippen LogP contribution in [0.15, 0.2) is 20.6 Å². The van der Waals surface area contributed by atoms with Gasteiger partial charge >= 0.3 is 84.5 Å². The summed E-state index contributed by atoms with van der Waals surface area (Å²) in [7, 11) is 0. The first kappa shape index (κ1) is 9.44. The van der Waals surface area contributed by atoms with Crippen LogP contribution in [0.4, 0.5) is 0 Å². The molecule has 0 radical (unpaired) electrons. The Balaban J connectivity index is 2.56. The molecular weight excluding hydrogens is 299 g/mol. The molecule has 1 aliphatic carbocycles. The van der Waals surface area contributed by atoms with E-state index >= 15 is 0 Å². The Bertz CT molecular complexity index is 199. The van der Waals surface area contributed by atoms with Crippen molar-refractivity contribution in [3.05, 3.63) is 20.6 Å². The van der Waals surface area contributed by atoms with E-state index in [1.54, 1.807) is 14.5 Å². The minimum absolute atomic E-state index is 1.24. The first-order chi connectivity index (χ1) is 5.27. The molecule has 0 saturated heterocycles. The summed E-state index contributed by atoms with van der Waals surface area (Å²) in [5.41, 5.74) is 3.31. The third kappa shape index (κ3) is 2.40. The van der Waals surface area contributed by atoms with Crippen LogP contribution >= 0.6 is 0 Å². The maximum atomic E-state index is 2.44. The van der Waals surface area contributed by atoms with Gasteiger partial charge < -0.3 is 0 Å². The van der Waals surface area contributed by atoms with Crippen molar-refractivity contribution in [2.24, 2.45) is 0 Å². The van der Waals surface area contributed by atoms with Crippen molar-refractivity contribution >= 4 is 0 Å². The fraction of sp³-hybridized carbons (Fsp3) is 0.600. The predicted molar refractivity (Wildman–Crippen MR) is 44.9 cm³/mol. The molecule has 0 heterocycles. The second kappa shape index (κ2) is 4.39. The van der Waals surface area contributed by atoms with E-state index in [-0.39, 0.29) is 0 Å². The molecule has 0 nitrogen and oxygen atoms in total. The topological polar surface area (TPSA) is 0 Å². The fourth-order valence-electron chi connectivity index (χ4n) is 1.52. The van der Waals surface area contributed by atoms with Gasteiger partial charge in [0.2, 0.25) is 0 Å². The summed E-state index contributed by atoms with van der Waals surface area (Å²) in [6, 6.07) is 0. The van der Waals surface area contributed by atoms with E-state index in [4.69, 9.17) is 0 Å². The number of hydrogen-bond acceptors (Lipinski definition) is 0. The summed E-state index contributed by atoms with van der Waals surface area (Å²) >= 11 is 1.27. The van der Waals surface area contributed by atoms with Crippen molar-refractivity contribution in [1.29, 1.82) is 0 Å². The molecule has 0 spiro atoms. The predicted octanol–water partition coefficient (Wildman–Crippen LogP) is 3.33. The normalized spacial score (nSPS) is 17.4. The van der Waals surface area contributed by atoms with Gasteiger partial charge in [-0.25, -0.2) is 0 Å². The van der Waals surface area contributed by atoms with Gasteiger partial charge in [0.15, 0.2) is 0 Å². The Labute approximate surface area is 84.3 Å². The third-order valence-electron chi connectivity index (χ3n) is 2.12. The van der Waals surface area contributed by atoms with Gasteiger partial charge in [-0.3, -0.25) is 0 Å². The summed E-state index contributed by atoms with van der Waals surface area (Å²) in [5.74, 6) is 0. The fourth-order valence-corrected chi connectivity index (χ4v) is 3.23. The number of rotatable bonds is 3. The average Bonchev–Trinajstić information content (AvgIpc) is 2.32. The molecule has 1 rings (SSSR count). The molecule has 0 saturated carbocycles. The van der Waals surface area contributed by atoms with Crippen LogP contribution in [0.1, 0.15) is 39.5 Å². The maximum absolute atomic E-state index is 2.44. The molecule has 0 N–H and O–H groups in total. The standard InChI is InChI=1S/C10H15.Hf/c1-3-5-10-7-6-9(4-2)8-10;/h8H,3-5,7H2,1-2H3;. The van der Waals surface area contributed by atoms with E-state index in [1.807, 2.05) is 0 Å². The van der Waals surface area contributed by atoms with Gasteiger partial charge in [0.25, 0.3) is 0 Å². The molecule has 0 aromatic heterocycles. The molecule has 0 bridgehead atoms. The number of hydrogen-bond donors (Lipinski definition) is 0. The van der Waals surface area contributed by atoms with Crippen molar-refractivity contribution in [3.63, 3.8) is 0 Å². The zero-order chi connectivity index (χ0) is 8.27. The third-order valence-corrected chi connectivity index (χ3v) is 3.91. The molecule has 11 heavy (non-hydrogen) atoms. The SMILES string of the molecule is CCCC1=CC(CC)=[C]([Hf])C1. The van der Waals surface area contributed by atoms with Crippen molar-refractivity contribution in [3.8, 4) is 0 Å². The molecule has 1 heteroatoms. The van der Waals surface area contributed by atoms with Crippen molar-refractivity contribution in [1.82, 2.24) is 0 Å². The quantitative estimate of drug-likeness (QED) is 0.701. The van der Waals surface area contributed by atoms with Crippen LogP contribution in [-0.2, 0) is 24.4 Å². The second-order valence-electron chi connectivity index (χ2n) is 3.09. The van der Waals surface area contributed by atoms with Gasteiger partial charge in [0.05, 0.1) is 0 Å². The van der Waals surface area contributed by atoms with Gasteiger partial charge in [0.1, 0.15) is 0 Å². The Morgan fingerprint density at radius 2 is 2.18 bits per heavy atom. The summed E-state index contributed by atoms with van der Waals surface area (Å²) in [5, 5.41) is 0. The monoisotopic (exact) mass is 315 g/mol. The molecule has 0 fully saturated rings. The molecule has 59 valence electrons. The molecule has 0 aromatic carbocycles. The molecule has 0 atom stereocenters. The van der Waals surface area contributed by atoms with Crippen LogP contribution in [0.2, 0.25) is 0 Å². The van der Waals surface area contributed by atoms with Crippen LogP contribution < -0.4 is 0 Å². The van der Waals surface area contributed by atoms with Gasteiger partial charge in [-0.05, 0) is 0 Å². The van der Waals surface area contributed by atoms with E-state index in [1.165, 1.54) is 50.1 Å². The van der Waals surface area contributed by atoms with Gasteiger partial charge in [-0.2, -0.15) is 0 Å². The van der Waals surface area contributed by atoms with Crippen LogP contribution in [0.25, 0.3) is 0 Å². The van der Waals surface area contributed by atoms with Crippen molar-refractivity contribution in [2.45, 2.75) is 39.5 Å². The van der Waals surface area contributed by atoms with Gasteiger partial charge in [-0.1, -0.05) is 0 Å². The molecule has 1 aliphatic rings. The van der Waals surface area contributed by atoms with Crippen LogP contribution in [0.5, 0.6) is 0 Å². The zero-order valence-electron chi connectivity index (χ0n) is 7.41. The Hall–Kier alpha value is 0.350. The van der Waals surface area contributed by atoms with E-state index in [0.717, 1.165) is 0 Å². The molecule has 0 aliphatic heterocycles. The Morgan fingerprint density at radius 3 is 2.64 bits per heavy atom. The Kier molecular flexibility index (Phi) is 3.77. The molecular formula is C10H15Hf. The minimum atomic E-state index is 1.24. The van der Waals surface area contributed by atoms with E-state index in [2.05, 4.69) is 19.9 Å². The summed E-state index contributed by atoms with van der Waals surface area (Å²) in [4.78, 5) is 0. The summed E-state index contributed by atoms with van der Waals surface area (Å²) in [6.07, 6.45) is 7.61. The van der Waals surface area contributed by atoms with Crippen molar-refractivity contribution in [2.75, 3.05) is 0 Å². The molecule has 0 aromatic rings. The zero-order valence-corrected chi connectivity index (χ0v) is 11.0. The van der Waals surface area contributed by atoms with E-state index in [0.29, 0.717) is 0 Å². The van der Waals surface area contributed by atoms with E-state index in [9.17, 15) is 0 Å². The summed E-state index contributed by atoms with van der Waals surface area (Å²) < 4.78 is 1.73. The summed E-state index contributed by atoms with van der Waals surface area (Å²) in [6.45, 7) is 4.52. The van der Waals surface area contributed by atoms with Crippen LogP contribution in [0.3, 0.4) is 0 Å². The van der Waals surface area contributed by atoms with Gasteiger partial charge in [-0.15, -0.1) is 0 Å². The van der Waals surface area contributed by atoms with E-state index < -0.39 is 0 Å². The second-order valence-corrected chi connectivity index (χ2v) is 5.26. The first-order valence-corrected chi connectivity index (χ1v) is 6.20. The van der Waals surface area contributed by atoms with Gasteiger partial charge in [0, 0.05) is 0 Å². The van der Waals surface area contributed by atoms with Crippen LogP contribution in [0, 0.1) is 0 Å². The average molecular weight is 314 g/mol. The Morgan fingerprint density at radius 1 is 1.45 bits per heavy atom. The molecule has 0 unspecified atom stereocenters. The molecule has 0 amide bonds. The first-order valence-electron chi connectivity index (χ1n) is 4.41.